The van der Waals surface area contributed by atoms with Gasteiger partial charge < -0.3 is 4.57 Å². The molecule has 4 nitrogen and oxygen atoms in total. The van der Waals surface area contributed by atoms with Crippen LogP contribution in [0.15, 0.2) is 164 Å². The van der Waals surface area contributed by atoms with Crippen LogP contribution in [-0.4, -0.2) is 21.3 Å². The van der Waals surface area contributed by atoms with Gasteiger partial charge in [0.15, 0.2) is 11.5 Å². The molecule has 0 aliphatic carbocycles. The van der Waals surface area contributed by atoms with Crippen LogP contribution in [0.4, 0.5) is 0 Å². The van der Waals surface area contributed by atoms with Gasteiger partial charge in [0, 0.05) is 39.1 Å². The molecule has 9 rings (SSSR count). The minimum Gasteiger partial charge on any atom is -0.314 e. The lowest BCUT2D eigenvalue weighted by atomic mass is 9.92. The van der Waals surface area contributed by atoms with E-state index >= 15 is 0 Å². The van der Waals surface area contributed by atoms with E-state index in [9.17, 15) is 4.57 Å². The first-order valence-electron chi connectivity index (χ1n) is 16.1. The molecule has 0 spiro atoms. The van der Waals surface area contributed by atoms with Crippen LogP contribution >= 0.6 is 7.14 Å². The van der Waals surface area contributed by atoms with Gasteiger partial charge in [0.25, 0.3) is 0 Å². The zero-order valence-corrected chi connectivity index (χ0v) is 27.2. The first kappa shape index (κ1) is 28.4. The van der Waals surface area contributed by atoms with E-state index in [1.165, 1.54) is 0 Å². The molecule has 1 unspecified atom stereocenters. The largest absolute Gasteiger partial charge is 0.314 e. The number of rotatable bonds is 5. The van der Waals surface area contributed by atoms with Crippen molar-refractivity contribution in [1.29, 1.82) is 0 Å². The van der Waals surface area contributed by atoms with Crippen molar-refractivity contribution in [1.82, 2.24) is 14.6 Å². The predicted octanol–water partition coefficient (Wildman–Crippen LogP) is 9.99. The van der Waals surface area contributed by atoms with Gasteiger partial charge >= 0.3 is 0 Å². The maximum absolute atomic E-state index is 13.9. The molecule has 0 amide bonds. The highest BCUT2D eigenvalue weighted by molar-refractivity contribution is 7.79. The molecule has 1 atom stereocenters. The third-order valence-corrected chi connectivity index (χ3v) is 12.0. The summed E-state index contributed by atoms with van der Waals surface area (Å²) in [7, 11) is -2.64. The molecule has 0 N–H and O–H groups in total. The lowest BCUT2D eigenvalue weighted by Gasteiger charge is -2.12. The minimum absolute atomic E-state index is 0.681. The van der Waals surface area contributed by atoms with Gasteiger partial charge in [-0.15, -0.1) is 5.10 Å². The van der Waals surface area contributed by atoms with E-state index in [1.807, 2.05) is 53.6 Å². The average molecular weight is 636 g/mol. The Labute approximate surface area is 279 Å². The fraction of sp³-hybridized carbons (Fsp3) is 0.0233. The Kier molecular flexibility index (Phi) is 6.60. The van der Waals surface area contributed by atoms with Gasteiger partial charge in [-0.05, 0) is 57.7 Å². The summed E-state index contributed by atoms with van der Waals surface area (Å²) in [5.41, 5.74) is 12.7. The summed E-state index contributed by atoms with van der Waals surface area (Å²) in [4.78, 5) is 5.04. The van der Waals surface area contributed by atoms with E-state index in [-0.39, 0.29) is 0 Å². The SMILES string of the molecule is CP1(=O)c2ccccc2-c2c(-c3cccc(-c4ccc(-c5nc6c(-c7ccccc7)cc(-c7ccccc7)cn6n5)cc4)c3)cccc21. The molecule has 0 saturated heterocycles. The van der Waals surface area contributed by atoms with Crippen molar-refractivity contribution in [2.24, 2.45) is 0 Å². The number of fused-ring (bicyclic) bond motifs is 4. The summed E-state index contributed by atoms with van der Waals surface area (Å²) in [6, 6.07) is 54.4. The van der Waals surface area contributed by atoms with Crippen LogP contribution in [0, 0.1) is 0 Å². The Hall–Kier alpha value is -5.83. The summed E-state index contributed by atoms with van der Waals surface area (Å²) in [5, 5.41) is 6.85. The van der Waals surface area contributed by atoms with Crippen LogP contribution in [0.25, 0.3) is 72.7 Å². The van der Waals surface area contributed by atoms with E-state index in [0.29, 0.717) is 5.82 Å². The number of nitrogens with zero attached hydrogens (tertiary/aromatic N) is 3. The van der Waals surface area contributed by atoms with Crippen molar-refractivity contribution in [3.63, 3.8) is 0 Å². The lowest BCUT2D eigenvalue weighted by Crippen LogP contribution is -2.07. The average Bonchev–Trinajstić information content (AvgIpc) is 3.69. The molecule has 6 aromatic carbocycles. The second kappa shape index (κ2) is 11.2. The summed E-state index contributed by atoms with van der Waals surface area (Å²) < 4.78 is 15.8. The normalized spacial score (nSPS) is 14.9. The molecule has 5 heteroatoms. The number of benzene rings is 6. The topological polar surface area (TPSA) is 47.3 Å². The number of aromatic nitrogens is 3. The summed E-state index contributed by atoms with van der Waals surface area (Å²) in [5.74, 6) is 0.681. The van der Waals surface area contributed by atoms with Gasteiger partial charge in [0.2, 0.25) is 0 Å². The van der Waals surface area contributed by atoms with E-state index in [1.54, 1.807) is 0 Å². The third kappa shape index (κ3) is 4.65. The van der Waals surface area contributed by atoms with Crippen LogP contribution in [0.5, 0.6) is 0 Å². The van der Waals surface area contributed by atoms with Gasteiger partial charge in [-0.2, -0.15) is 0 Å². The monoisotopic (exact) mass is 635 g/mol. The Balaban J connectivity index is 1.09. The smallest absolute Gasteiger partial charge is 0.182 e. The highest BCUT2D eigenvalue weighted by Gasteiger charge is 2.35. The molecule has 1 aliphatic heterocycles. The van der Waals surface area contributed by atoms with Crippen LogP contribution in [0.2, 0.25) is 0 Å². The maximum Gasteiger partial charge on any atom is 0.182 e. The molecule has 1 aliphatic rings. The van der Waals surface area contributed by atoms with Gasteiger partial charge in [-0.1, -0.05) is 146 Å². The molecular formula is C43H30N3OP. The Morgan fingerprint density at radius 1 is 0.479 bits per heavy atom. The van der Waals surface area contributed by atoms with Crippen LogP contribution < -0.4 is 10.6 Å². The standard InChI is InChI=1S/C43H30N3OP/c1-48(47)39-20-9-8-18-37(39)41-36(19-11-21-40(41)48)34-17-10-16-33(26-34)30-22-24-32(25-23-30)42-44-43-38(31-14-6-3-7-15-31)27-35(28-46(43)45-42)29-12-4-2-5-13-29/h2-28H,1H3. The molecule has 48 heavy (non-hydrogen) atoms. The molecule has 228 valence electrons. The van der Waals surface area contributed by atoms with Gasteiger partial charge in [-0.3, -0.25) is 0 Å². The Morgan fingerprint density at radius 2 is 1.06 bits per heavy atom. The summed E-state index contributed by atoms with van der Waals surface area (Å²) >= 11 is 0. The second-order valence-corrected chi connectivity index (χ2v) is 15.2. The van der Waals surface area contributed by atoms with E-state index < -0.39 is 7.14 Å². The Morgan fingerprint density at radius 3 is 1.85 bits per heavy atom. The molecule has 0 saturated carbocycles. The van der Waals surface area contributed by atoms with Crippen LogP contribution in [-0.2, 0) is 4.57 Å². The van der Waals surface area contributed by atoms with Crippen molar-refractivity contribution >= 4 is 23.4 Å². The van der Waals surface area contributed by atoms with E-state index in [0.717, 1.165) is 77.5 Å². The molecule has 3 heterocycles. The van der Waals surface area contributed by atoms with Crippen molar-refractivity contribution in [2.75, 3.05) is 6.66 Å². The highest BCUT2D eigenvalue weighted by atomic mass is 31.2. The zero-order chi connectivity index (χ0) is 32.2. The van der Waals surface area contributed by atoms with Gasteiger partial charge in [0.05, 0.1) is 0 Å². The second-order valence-electron chi connectivity index (χ2n) is 12.4. The molecule has 0 bridgehead atoms. The number of pyridine rings is 1. The lowest BCUT2D eigenvalue weighted by molar-refractivity contribution is 0.591. The molecule has 0 radical (unpaired) electrons. The summed E-state index contributed by atoms with van der Waals surface area (Å²) in [6.07, 6.45) is 2.06. The zero-order valence-electron chi connectivity index (χ0n) is 26.3. The van der Waals surface area contributed by atoms with Crippen molar-refractivity contribution < 1.29 is 4.57 Å². The summed E-state index contributed by atoms with van der Waals surface area (Å²) in [6.45, 7) is 1.89. The van der Waals surface area contributed by atoms with Crippen molar-refractivity contribution in [3.8, 4) is 67.0 Å². The fourth-order valence-electron chi connectivity index (χ4n) is 7.01. The van der Waals surface area contributed by atoms with Gasteiger partial charge in [-0.25, -0.2) is 9.50 Å². The molecule has 0 fully saturated rings. The maximum atomic E-state index is 13.9. The molecule has 8 aromatic rings. The van der Waals surface area contributed by atoms with Crippen LogP contribution in [0.1, 0.15) is 0 Å². The third-order valence-electron chi connectivity index (χ3n) is 9.41. The number of hydrogen-bond donors (Lipinski definition) is 0. The molecular weight excluding hydrogens is 605 g/mol. The van der Waals surface area contributed by atoms with Crippen LogP contribution in [0.3, 0.4) is 0 Å². The molecule has 2 aromatic heterocycles. The van der Waals surface area contributed by atoms with Crippen molar-refractivity contribution in [2.45, 2.75) is 0 Å². The minimum atomic E-state index is -2.64. The first-order valence-corrected chi connectivity index (χ1v) is 18.2. The van der Waals surface area contributed by atoms with Gasteiger partial charge in [0.1, 0.15) is 7.14 Å². The Bertz CT molecular complexity index is 2540. The van der Waals surface area contributed by atoms with Crippen molar-refractivity contribution in [3.05, 3.63) is 164 Å². The van der Waals surface area contributed by atoms with E-state index in [2.05, 4.69) is 121 Å². The quantitative estimate of drug-likeness (QED) is 0.177. The highest BCUT2D eigenvalue weighted by Crippen LogP contribution is 2.52. The first-order chi connectivity index (χ1) is 23.5. The van der Waals surface area contributed by atoms with E-state index in [4.69, 9.17) is 10.1 Å². The number of hydrogen-bond acceptors (Lipinski definition) is 3. The predicted molar refractivity (Wildman–Crippen MR) is 198 cm³/mol. The fourth-order valence-corrected chi connectivity index (χ4v) is 9.33.